The van der Waals surface area contributed by atoms with Crippen LogP contribution in [-0.4, -0.2) is 34.6 Å². The molecule has 8 heteroatoms. The first-order valence-corrected chi connectivity index (χ1v) is 9.19. The van der Waals surface area contributed by atoms with Gasteiger partial charge in [-0.15, -0.1) is 10.2 Å². The highest BCUT2D eigenvalue weighted by molar-refractivity contribution is 7.19. The zero-order chi connectivity index (χ0) is 17.5. The van der Waals surface area contributed by atoms with E-state index in [1.54, 1.807) is 0 Å². The van der Waals surface area contributed by atoms with Crippen LogP contribution in [0, 0.1) is 0 Å². The summed E-state index contributed by atoms with van der Waals surface area (Å²) in [4.78, 5) is 5.16. The highest BCUT2D eigenvalue weighted by Crippen LogP contribution is 2.25. The molecule has 5 rings (SSSR count). The van der Waals surface area contributed by atoms with Gasteiger partial charge in [-0.2, -0.15) is 14.7 Å². The van der Waals surface area contributed by atoms with E-state index in [1.165, 1.54) is 11.3 Å². The van der Waals surface area contributed by atoms with Crippen molar-refractivity contribution >= 4 is 27.2 Å². The lowest BCUT2D eigenvalue weighted by molar-refractivity contribution is 0.660. The normalized spacial score (nSPS) is 11.6. The maximum absolute atomic E-state index is 4.69. The summed E-state index contributed by atoms with van der Waals surface area (Å²) in [7, 11) is 0. The van der Waals surface area contributed by atoms with Gasteiger partial charge in [-0.05, 0) is 30.7 Å². The standard InChI is InChI=1S/C18H15N7S/c1-2-24-11-14(10-20-24)17-23-25-16(21-22-18(25)26-17)9-12-5-6-15-13(8-12)4-3-7-19-15/h3-8,10-11H,2,9H2,1H3. The number of aryl methyl sites for hydroxylation is 1. The molecule has 0 bridgehead atoms. The van der Waals surface area contributed by atoms with Gasteiger partial charge in [-0.1, -0.05) is 23.5 Å². The molecule has 0 fully saturated rings. The minimum absolute atomic E-state index is 0.670. The van der Waals surface area contributed by atoms with Crippen LogP contribution in [0.1, 0.15) is 18.3 Å². The summed E-state index contributed by atoms with van der Waals surface area (Å²) >= 11 is 1.52. The zero-order valence-corrected chi connectivity index (χ0v) is 14.9. The van der Waals surface area contributed by atoms with Gasteiger partial charge in [0, 0.05) is 30.7 Å². The smallest absolute Gasteiger partial charge is 0.234 e. The molecule has 4 heterocycles. The lowest BCUT2D eigenvalue weighted by atomic mass is 10.1. The van der Waals surface area contributed by atoms with Gasteiger partial charge in [0.2, 0.25) is 4.96 Å². The average molecular weight is 361 g/mol. The second kappa shape index (κ2) is 5.99. The van der Waals surface area contributed by atoms with Gasteiger partial charge in [-0.25, -0.2) is 0 Å². The topological polar surface area (TPSA) is 73.8 Å². The third-order valence-electron chi connectivity index (χ3n) is 4.29. The molecule has 0 saturated heterocycles. The Bertz CT molecular complexity index is 1220. The van der Waals surface area contributed by atoms with E-state index in [9.17, 15) is 0 Å². The molecule has 5 aromatic rings. The molecule has 0 aliphatic rings. The van der Waals surface area contributed by atoms with Gasteiger partial charge in [0.1, 0.15) is 0 Å². The van der Waals surface area contributed by atoms with Crippen molar-refractivity contribution in [1.82, 2.24) is 34.6 Å². The summed E-state index contributed by atoms with van der Waals surface area (Å²) in [5.74, 6) is 0.827. The fraction of sp³-hybridized carbons (Fsp3) is 0.167. The Kier molecular flexibility index (Phi) is 3.49. The fourth-order valence-electron chi connectivity index (χ4n) is 2.95. The summed E-state index contributed by atoms with van der Waals surface area (Å²) in [6.45, 7) is 2.90. The molecule has 0 unspecified atom stereocenters. The molecular weight excluding hydrogens is 346 g/mol. The van der Waals surface area contributed by atoms with Gasteiger partial charge < -0.3 is 0 Å². The molecule has 0 amide bonds. The lowest BCUT2D eigenvalue weighted by Gasteiger charge is -2.01. The number of fused-ring (bicyclic) bond motifs is 2. The number of hydrogen-bond donors (Lipinski definition) is 0. The first-order chi connectivity index (χ1) is 12.8. The first kappa shape index (κ1) is 15.2. The van der Waals surface area contributed by atoms with E-state index in [4.69, 9.17) is 5.10 Å². The number of pyridine rings is 1. The van der Waals surface area contributed by atoms with Crippen molar-refractivity contribution in [3.8, 4) is 10.6 Å². The Balaban J connectivity index is 1.50. The van der Waals surface area contributed by atoms with Crippen molar-refractivity contribution in [2.45, 2.75) is 19.9 Å². The second-order valence-electron chi connectivity index (χ2n) is 6.01. The van der Waals surface area contributed by atoms with Gasteiger partial charge >= 0.3 is 0 Å². The summed E-state index contributed by atoms with van der Waals surface area (Å²) in [5.41, 5.74) is 3.16. The average Bonchev–Trinajstić information content (AvgIpc) is 3.38. The molecule has 0 N–H and O–H groups in total. The molecule has 4 aromatic heterocycles. The van der Waals surface area contributed by atoms with Crippen molar-refractivity contribution in [3.05, 3.63) is 60.3 Å². The highest BCUT2D eigenvalue weighted by Gasteiger charge is 2.14. The van der Waals surface area contributed by atoms with Gasteiger partial charge in [-0.3, -0.25) is 9.67 Å². The van der Waals surface area contributed by atoms with Crippen LogP contribution in [-0.2, 0) is 13.0 Å². The molecule has 26 heavy (non-hydrogen) atoms. The Labute approximate surface area is 153 Å². The number of rotatable bonds is 4. The maximum Gasteiger partial charge on any atom is 0.234 e. The van der Waals surface area contributed by atoms with Crippen molar-refractivity contribution in [1.29, 1.82) is 0 Å². The monoisotopic (exact) mass is 361 g/mol. The van der Waals surface area contributed by atoms with Gasteiger partial charge in [0.15, 0.2) is 10.8 Å². The minimum atomic E-state index is 0.670. The molecule has 0 radical (unpaired) electrons. The third-order valence-corrected chi connectivity index (χ3v) is 5.24. The van der Waals surface area contributed by atoms with Crippen LogP contribution in [0.3, 0.4) is 0 Å². The van der Waals surface area contributed by atoms with Crippen molar-refractivity contribution in [2.75, 3.05) is 0 Å². The van der Waals surface area contributed by atoms with Crippen LogP contribution in [0.4, 0.5) is 0 Å². The third kappa shape index (κ3) is 2.55. The molecule has 0 aliphatic carbocycles. The Morgan fingerprint density at radius 2 is 2.12 bits per heavy atom. The second-order valence-corrected chi connectivity index (χ2v) is 6.97. The number of benzene rings is 1. The summed E-state index contributed by atoms with van der Waals surface area (Å²) in [6, 6.07) is 10.3. The van der Waals surface area contributed by atoms with Crippen molar-refractivity contribution in [2.24, 2.45) is 0 Å². The van der Waals surface area contributed by atoms with Gasteiger partial charge in [0.25, 0.3) is 0 Å². The fourth-order valence-corrected chi connectivity index (χ4v) is 3.78. The van der Waals surface area contributed by atoms with E-state index in [0.717, 1.165) is 44.4 Å². The molecule has 0 saturated carbocycles. The van der Waals surface area contributed by atoms with Gasteiger partial charge in [0.05, 0.1) is 17.3 Å². The molecule has 0 atom stereocenters. The zero-order valence-electron chi connectivity index (χ0n) is 14.1. The largest absolute Gasteiger partial charge is 0.272 e. The van der Waals surface area contributed by atoms with Crippen molar-refractivity contribution in [3.63, 3.8) is 0 Å². The minimum Gasteiger partial charge on any atom is -0.272 e. The summed E-state index contributed by atoms with van der Waals surface area (Å²) in [5, 5.41) is 19.6. The van der Waals surface area contributed by atoms with E-state index >= 15 is 0 Å². The van der Waals surface area contributed by atoms with Crippen LogP contribution >= 0.6 is 11.3 Å². The predicted octanol–water partition coefficient (Wildman–Crippen LogP) is 3.21. The van der Waals surface area contributed by atoms with Crippen LogP contribution in [0.25, 0.3) is 26.4 Å². The van der Waals surface area contributed by atoms with E-state index in [2.05, 4.69) is 45.4 Å². The van der Waals surface area contributed by atoms with E-state index in [-0.39, 0.29) is 0 Å². The number of aromatic nitrogens is 7. The van der Waals surface area contributed by atoms with Crippen LogP contribution in [0.5, 0.6) is 0 Å². The molecule has 0 aliphatic heterocycles. The summed E-state index contributed by atoms with van der Waals surface area (Å²) in [6.07, 6.45) is 6.32. The highest BCUT2D eigenvalue weighted by atomic mass is 32.1. The maximum atomic E-state index is 4.69. The van der Waals surface area contributed by atoms with E-state index < -0.39 is 0 Å². The molecular formula is C18H15N7S. The van der Waals surface area contributed by atoms with Crippen LogP contribution < -0.4 is 0 Å². The van der Waals surface area contributed by atoms with Crippen LogP contribution in [0.15, 0.2) is 48.9 Å². The van der Waals surface area contributed by atoms with Crippen LogP contribution in [0.2, 0.25) is 0 Å². The molecule has 0 spiro atoms. The Hall–Kier alpha value is -3.13. The van der Waals surface area contributed by atoms with Crippen molar-refractivity contribution < 1.29 is 0 Å². The Morgan fingerprint density at radius 1 is 1.15 bits per heavy atom. The predicted molar refractivity (Wildman–Crippen MR) is 100 cm³/mol. The molecule has 1 aromatic carbocycles. The van der Waals surface area contributed by atoms with E-state index in [1.807, 2.05) is 39.9 Å². The number of nitrogens with zero attached hydrogens (tertiary/aromatic N) is 7. The molecule has 7 nitrogen and oxygen atoms in total. The first-order valence-electron chi connectivity index (χ1n) is 8.38. The number of hydrogen-bond acceptors (Lipinski definition) is 6. The quantitative estimate of drug-likeness (QED) is 0.491. The van der Waals surface area contributed by atoms with E-state index in [0.29, 0.717) is 6.42 Å². The Morgan fingerprint density at radius 3 is 3.00 bits per heavy atom. The summed E-state index contributed by atoms with van der Waals surface area (Å²) < 4.78 is 3.72. The lowest BCUT2D eigenvalue weighted by Crippen LogP contribution is -1.98. The SMILES string of the molecule is CCn1cc(-c2nn3c(Cc4ccc5ncccc5c4)nnc3s2)cn1. The molecule has 128 valence electrons.